The molecule has 1 heteroatoms. The van der Waals surface area contributed by atoms with Crippen LogP contribution in [0.4, 0.5) is 0 Å². The molecule has 0 N–H and O–H groups in total. The quantitative estimate of drug-likeness (QED) is 0.707. The van der Waals surface area contributed by atoms with E-state index in [-0.39, 0.29) is 11.0 Å². The zero-order valence-corrected chi connectivity index (χ0v) is 13.2. The van der Waals surface area contributed by atoms with E-state index >= 15 is 0 Å². The molecule has 3 atom stereocenters. The lowest BCUT2D eigenvalue weighted by atomic mass is 9.58. The molecule has 1 nitrogen and oxygen atoms in total. The Kier molecular flexibility index (Phi) is 2.95. The van der Waals surface area contributed by atoms with Crippen LogP contribution in [-0.2, 0) is 4.74 Å². The SMILES string of the molecule is COC1(C)CC2(C)C=CC1C=C2c1cc(C)cc(C)c1. The van der Waals surface area contributed by atoms with Gasteiger partial charge in [-0.05, 0) is 38.3 Å². The van der Waals surface area contributed by atoms with Gasteiger partial charge in [-0.15, -0.1) is 0 Å². The van der Waals surface area contributed by atoms with Crippen LogP contribution in [-0.4, -0.2) is 12.7 Å². The molecule has 0 radical (unpaired) electrons. The van der Waals surface area contributed by atoms with Crippen LogP contribution in [0.15, 0.2) is 36.4 Å². The van der Waals surface area contributed by atoms with Crippen molar-refractivity contribution in [3.8, 4) is 0 Å². The van der Waals surface area contributed by atoms with Gasteiger partial charge in [-0.2, -0.15) is 0 Å². The number of hydrogen-bond donors (Lipinski definition) is 0. The van der Waals surface area contributed by atoms with Gasteiger partial charge in [0.1, 0.15) is 0 Å². The summed E-state index contributed by atoms with van der Waals surface area (Å²) in [6.45, 7) is 8.92. The predicted molar refractivity (Wildman–Crippen MR) is 84.7 cm³/mol. The third kappa shape index (κ3) is 1.96. The van der Waals surface area contributed by atoms with E-state index in [4.69, 9.17) is 4.74 Å². The van der Waals surface area contributed by atoms with Gasteiger partial charge >= 0.3 is 0 Å². The molecule has 0 fully saturated rings. The Labute approximate surface area is 122 Å². The average molecular weight is 268 g/mol. The van der Waals surface area contributed by atoms with Gasteiger partial charge in [0.2, 0.25) is 0 Å². The van der Waals surface area contributed by atoms with Crippen LogP contribution in [0.3, 0.4) is 0 Å². The van der Waals surface area contributed by atoms with Crippen molar-refractivity contribution in [3.05, 3.63) is 53.1 Å². The maximum atomic E-state index is 5.81. The molecule has 0 aliphatic heterocycles. The Balaban J connectivity index is 2.10. The first-order valence-electron chi connectivity index (χ1n) is 7.42. The number of aryl methyl sites for hydroxylation is 2. The molecule has 3 unspecified atom stereocenters. The number of allylic oxidation sites excluding steroid dienone is 2. The van der Waals surface area contributed by atoms with E-state index in [0.29, 0.717) is 5.92 Å². The number of fused-ring (bicyclic) bond motifs is 1. The van der Waals surface area contributed by atoms with E-state index in [0.717, 1.165) is 6.42 Å². The second kappa shape index (κ2) is 4.33. The summed E-state index contributed by atoms with van der Waals surface area (Å²) in [6, 6.07) is 6.86. The highest BCUT2D eigenvalue weighted by Crippen LogP contribution is 2.54. The molecule has 20 heavy (non-hydrogen) atoms. The van der Waals surface area contributed by atoms with Crippen molar-refractivity contribution in [1.29, 1.82) is 0 Å². The summed E-state index contributed by atoms with van der Waals surface area (Å²) in [6.07, 6.45) is 8.17. The minimum absolute atomic E-state index is 0.0636. The molecule has 3 aliphatic rings. The van der Waals surface area contributed by atoms with Gasteiger partial charge in [-0.1, -0.05) is 54.5 Å². The predicted octanol–water partition coefficient (Wildman–Crippen LogP) is 4.69. The molecule has 0 saturated heterocycles. The van der Waals surface area contributed by atoms with Crippen LogP contribution in [0.25, 0.3) is 5.57 Å². The maximum Gasteiger partial charge on any atom is 0.0759 e. The fourth-order valence-corrected chi connectivity index (χ4v) is 3.98. The fraction of sp³-hybridized carbons (Fsp3) is 0.474. The van der Waals surface area contributed by atoms with Gasteiger partial charge in [0.15, 0.2) is 0 Å². The smallest absolute Gasteiger partial charge is 0.0759 e. The van der Waals surface area contributed by atoms with E-state index in [1.54, 1.807) is 0 Å². The molecule has 3 aliphatic carbocycles. The summed E-state index contributed by atoms with van der Waals surface area (Å²) in [4.78, 5) is 0. The molecule has 1 aromatic carbocycles. The molecule has 0 heterocycles. The fourth-order valence-electron chi connectivity index (χ4n) is 3.98. The van der Waals surface area contributed by atoms with E-state index in [2.05, 4.69) is 64.1 Å². The van der Waals surface area contributed by atoms with Gasteiger partial charge in [0.05, 0.1) is 5.60 Å². The topological polar surface area (TPSA) is 9.23 Å². The van der Waals surface area contributed by atoms with Crippen LogP contribution in [0.5, 0.6) is 0 Å². The summed E-state index contributed by atoms with van der Waals surface area (Å²) in [5, 5.41) is 0. The standard InChI is InChI=1S/C19H24O/c1-13-8-14(2)10-15(9-13)17-11-16-6-7-18(17,3)12-19(16,4)20-5/h6-11,16H,12H2,1-5H3. The number of hydrogen-bond acceptors (Lipinski definition) is 1. The summed E-state index contributed by atoms with van der Waals surface area (Å²) >= 11 is 0. The zero-order valence-electron chi connectivity index (χ0n) is 13.2. The highest BCUT2D eigenvalue weighted by Gasteiger charge is 2.48. The van der Waals surface area contributed by atoms with Crippen molar-refractivity contribution < 1.29 is 4.74 Å². The van der Waals surface area contributed by atoms with Crippen LogP contribution < -0.4 is 0 Å². The molecule has 1 aromatic rings. The van der Waals surface area contributed by atoms with E-state index in [1.165, 1.54) is 22.3 Å². The molecule has 0 saturated carbocycles. The summed E-state index contributed by atoms with van der Waals surface area (Å²) < 4.78 is 5.81. The molecule has 106 valence electrons. The van der Waals surface area contributed by atoms with Gasteiger partial charge in [-0.3, -0.25) is 0 Å². The lowest BCUT2D eigenvalue weighted by molar-refractivity contribution is -0.0461. The lowest BCUT2D eigenvalue weighted by Gasteiger charge is -2.50. The first kappa shape index (κ1) is 13.6. The number of rotatable bonds is 2. The van der Waals surface area contributed by atoms with Crippen LogP contribution in [0, 0.1) is 25.2 Å². The molecule has 0 amide bonds. The van der Waals surface area contributed by atoms with Crippen molar-refractivity contribution in [2.24, 2.45) is 11.3 Å². The van der Waals surface area contributed by atoms with Crippen molar-refractivity contribution in [2.75, 3.05) is 7.11 Å². The largest absolute Gasteiger partial charge is 0.378 e. The second-order valence-corrected chi connectivity index (χ2v) is 6.95. The average Bonchev–Trinajstić information content (AvgIpc) is 2.37. The Morgan fingerprint density at radius 3 is 2.30 bits per heavy atom. The normalized spacial score (nSPS) is 35.2. The van der Waals surface area contributed by atoms with Gasteiger partial charge in [0.25, 0.3) is 0 Å². The first-order valence-corrected chi connectivity index (χ1v) is 7.42. The van der Waals surface area contributed by atoms with Gasteiger partial charge in [-0.25, -0.2) is 0 Å². The summed E-state index contributed by atoms with van der Waals surface area (Å²) in [5.74, 6) is 0.380. The van der Waals surface area contributed by atoms with Crippen molar-refractivity contribution in [2.45, 2.75) is 39.7 Å². The summed E-state index contributed by atoms with van der Waals surface area (Å²) in [5.41, 5.74) is 5.53. The van der Waals surface area contributed by atoms with E-state index in [1.807, 2.05) is 7.11 Å². The molecule has 0 aromatic heterocycles. The van der Waals surface area contributed by atoms with Crippen LogP contribution in [0.1, 0.15) is 37.0 Å². The Morgan fingerprint density at radius 1 is 1.10 bits per heavy atom. The summed E-state index contributed by atoms with van der Waals surface area (Å²) in [7, 11) is 1.84. The highest BCUT2D eigenvalue weighted by molar-refractivity contribution is 5.76. The van der Waals surface area contributed by atoms with E-state index in [9.17, 15) is 0 Å². The van der Waals surface area contributed by atoms with Crippen LogP contribution in [0.2, 0.25) is 0 Å². The number of methoxy groups -OCH3 is 1. The lowest BCUT2D eigenvalue weighted by Crippen LogP contribution is -2.46. The molecule has 2 bridgehead atoms. The molecule has 4 rings (SSSR count). The first-order chi connectivity index (χ1) is 9.36. The third-order valence-corrected chi connectivity index (χ3v) is 5.06. The maximum absolute atomic E-state index is 5.81. The Bertz CT molecular complexity index is 590. The van der Waals surface area contributed by atoms with Gasteiger partial charge in [0, 0.05) is 18.4 Å². The van der Waals surface area contributed by atoms with Crippen LogP contribution >= 0.6 is 0 Å². The zero-order chi connectivity index (χ0) is 14.5. The van der Waals surface area contributed by atoms with Crippen molar-refractivity contribution in [1.82, 2.24) is 0 Å². The molecular weight excluding hydrogens is 244 g/mol. The van der Waals surface area contributed by atoms with Crippen molar-refractivity contribution in [3.63, 3.8) is 0 Å². The third-order valence-electron chi connectivity index (χ3n) is 5.06. The molecule has 0 spiro atoms. The van der Waals surface area contributed by atoms with E-state index < -0.39 is 0 Å². The second-order valence-electron chi connectivity index (χ2n) is 6.95. The number of benzene rings is 1. The molecular formula is C19H24O. The van der Waals surface area contributed by atoms with Crippen molar-refractivity contribution >= 4 is 5.57 Å². The Morgan fingerprint density at radius 2 is 1.75 bits per heavy atom. The monoisotopic (exact) mass is 268 g/mol. The highest BCUT2D eigenvalue weighted by atomic mass is 16.5. The minimum Gasteiger partial charge on any atom is -0.378 e. The minimum atomic E-state index is -0.0636. The Hall–Kier alpha value is -1.34. The number of ether oxygens (including phenoxy) is 1. The van der Waals surface area contributed by atoms with Gasteiger partial charge < -0.3 is 4.74 Å².